The molecule has 158 valence electrons. The van der Waals surface area contributed by atoms with Gasteiger partial charge in [-0.1, -0.05) is 13.0 Å². The molecule has 0 unspecified atom stereocenters. The number of ether oxygens (including phenoxy) is 2. The number of carbonyl (C=O) groups excluding carboxylic acids is 1. The van der Waals surface area contributed by atoms with Crippen molar-refractivity contribution in [3.05, 3.63) is 47.5 Å². The molecular weight excluding hydrogens is 392 g/mol. The highest BCUT2D eigenvalue weighted by Gasteiger charge is 2.16. The number of hydrogen-bond acceptors (Lipinski definition) is 5. The molecule has 0 saturated carbocycles. The Kier molecular flexibility index (Phi) is 7.50. The summed E-state index contributed by atoms with van der Waals surface area (Å²) in [5.41, 5.74) is 1.99. The van der Waals surface area contributed by atoms with Crippen LogP contribution in [0.5, 0.6) is 11.5 Å². The number of sulfonamides is 1. The van der Waals surface area contributed by atoms with E-state index in [0.29, 0.717) is 40.4 Å². The quantitative estimate of drug-likeness (QED) is 0.634. The predicted octanol–water partition coefficient (Wildman–Crippen LogP) is 4.19. The summed E-state index contributed by atoms with van der Waals surface area (Å²) in [7, 11) is -1.91. The van der Waals surface area contributed by atoms with Crippen LogP contribution in [0.15, 0.2) is 36.4 Å². The first-order valence-corrected chi connectivity index (χ1v) is 11.1. The van der Waals surface area contributed by atoms with Gasteiger partial charge in [-0.25, -0.2) is 8.42 Å². The Hall–Kier alpha value is -2.74. The van der Waals surface area contributed by atoms with Gasteiger partial charge in [0.1, 0.15) is 0 Å². The number of anilines is 2. The Balaban J connectivity index is 2.24. The molecule has 0 spiro atoms. The molecule has 8 heteroatoms. The average Bonchev–Trinajstić information content (AvgIpc) is 2.64. The van der Waals surface area contributed by atoms with E-state index in [0.717, 1.165) is 0 Å². The SMILES string of the molecule is CCCS(=O)(=O)Nc1cccc(NC(=O)c2ccc(OC(C)C)c(OC)c2)c1C. The molecule has 0 aliphatic heterocycles. The molecule has 2 N–H and O–H groups in total. The molecule has 1 amide bonds. The zero-order valence-electron chi connectivity index (χ0n) is 17.4. The largest absolute Gasteiger partial charge is 0.493 e. The van der Waals surface area contributed by atoms with Gasteiger partial charge in [0.2, 0.25) is 10.0 Å². The van der Waals surface area contributed by atoms with Gasteiger partial charge in [0, 0.05) is 11.3 Å². The molecule has 2 aromatic carbocycles. The van der Waals surface area contributed by atoms with Crippen molar-refractivity contribution in [3.63, 3.8) is 0 Å². The van der Waals surface area contributed by atoms with Gasteiger partial charge in [0.15, 0.2) is 11.5 Å². The fraction of sp³-hybridized carbons (Fsp3) is 0.381. The number of carbonyl (C=O) groups is 1. The second kappa shape index (κ2) is 9.65. The number of amides is 1. The van der Waals surface area contributed by atoms with E-state index < -0.39 is 10.0 Å². The van der Waals surface area contributed by atoms with Gasteiger partial charge >= 0.3 is 0 Å². The first-order chi connectivity index (χ1) is 13.7. The van der Waals surface area contributed by atoms with Crippen molar-refractivity contribution in [1.82, 2.24) is 0 Å². The van der Waals surface area contributed by atoms with Gasteiger partial charge in [-0.15, -0.1) is 0 Å². The molecule has 0 aromatic heterocycles. The van der Waals surface area contributed by atoms with E-state index in [1.807, 2.05) is 13.8 Å². The first kappa shape index (κ1) is 22.5. The molecule has 29 heavy (non-hydrogen) atoms. The maximum atomic E-state index is 12.7. The molecular formula is C21H28N2O5S. The lowest BCUT2D eigenvalue weighted by molar-refractivity contribution is 0.102. The van der Waals surface area contributed by atoms with Crippen LogP contribution in [0, 0.1) is 6.92 Å². The van der Waals surface area contributed by atoms with Gasteiger partial charge in [0.25, 0.3) is 5.91 Å². The van der Waals surface area contributed by atoms with Crippen molar-refractivity contribution in [2.24, 2.45) is 0 Å². The zero-order valence-corrected chi connectivity index (χ0v) is 18.2. The minimum Gasteiger partial charge on any atom is -0.493 e. The van der Waals surface area contributed by atoms with Gasteiger partial charge in [-0.2, -0.15) is 0 Å². The van der Waals surface area contributed by atoms with Crippen LogP contribution in [0.4, 0.5) is 11.4 Å². The predicted molar refractivity (Wildman–Crippen MR) is 116 cm³/mol. The lowest BCUT2D eigenvalue weighted by Crippen LogP contribution is -2.18. The molecule has 2 rings (SSSR count). The Morgan fingerprint density at radius 1 is 1.10 bits per heavy atom. The molecule has 0 fully saturated rings. The Morgan fingerprint density at radius 2 is 1.79 bits per heavy atom. The minimum absolute atomic E-state index is 0.0227. The van der Waals surface area contributed by atoms with Crippen LogP contribution in [0.1, 0.15) is 43.1 Å². The number of nitrogens with one attached hydrogen (secondary N) is 2. The van der Waals surface area contributed by atoms with Crippen molar-refractivity contribution < 1.29 is 22.7 Å². The van der Waals surface area contributed by atoms with E-state index in [-0.39, 0.29) is 17.8 Å². The van der Waals surface area contributed by atoms with Crippen LogP contribution in [0.3, 0.4) is 0 Å². The highest BCUT2D eigenvalue weighted by molar-refractivity contribution is 7.92. The number of benzene rings is 2. The van der Waals surface area contributed by atoms with E-state index in [9.17, 15) is 13.2 Å². The van der Waals surface area contributed by atoms with Crippen molar-refractivity contribution in [1.29, 1.82) is 0 Å². The summed E-state index contributed by atoms with van der Waals surface area (Å²) in [6.07, 6.45) is 0.494. The number of methoxy groups -OCH3 is 1. The molecule has 0 bridgehead atoms. The second-order valence-corrected chi connectivity index (χ2v) is 8.73. The van der Waals surface area contributed by atoms with Gasteiger partial charge < -0.3 is 14.8 Å². The molecule has 0 saturated heterocycles. The highest BCUT2D eigenvalue weighted by Crippen LogP contribution is 2.30. The van der Waals surface area contributed by atoms with Crippen molar-refractivity contribution >= 4 is 27.3 Å². The molecule has 7 nitrogen and oxygen atoms in total. The molecule has 0 heterocycles. The smallest absolute Gasteiger partial charge is 0.255 e. The zero-order chi connectivity index (χ0) is 21.6. The Bertz CT molecular complexity index is 971. The Morgan fingerprint density at radius 3 is 2.41 bits per heavy atom. The van der Waals surface area contributed by atoms with Crippen molar-refractivity contribution in [2.75, 3.05) is 22.9 Å². The highest BCUT2D eigenvalue weighted by atomic mass is 32.2. The third-order valence-electron chi connectivity index (χ3n) is 4.11. The maximum absolute atomic E-state index is 12.7. The van der Waals surface area contributed by atoms with Crippen LogP contribution >= 0.6 is 0 Å². The van der Waals surface area contributed by atoms with Crippen LogP contribution in [0.25, 0.3) is 0 Å². The van der Waals surface area contributed by atoms with Crippen LogP contribution < -0.4 is 19.5 Å². The fourth-order valence-electron chi connectivity index (χ4n) is 2.72. The number of hydrogen-bond donors (Lipinski definition) is 2. The molecule has 0 atom stereocenters. The lowest BCUT2D eigenvalue weighted by Gasteiger charge is -2.16. The summed E-state index contributed by atoms with van der Waals surface area (Å²) in [5, 5.41) is 2.83. The van der Waals surface area contributed by atoms with E-state index in [2.05, 4.69) is 10.0 Å². The summed E-state index contributed by atoms with van der Waals surface area (Å²) in [5.74, 6) is 0.718. The third-order valence-corrected chi connectivity index (χ3v) is 5.59. The fourth-order valence-corrected chi connectivity index (χ4v) is 3.92. The van der Waals surface area contributed by atoms with Gasteiger partial charge in [0.05, 0.1) is 24.7 Å². The summed E-state index contributed by atoms with van der Waals surface area (Å²) in [4.78, 5) is 12.7. The van der Waals surface area contributed by atoms with Gasteiger partial charge in [-0.05, 0) is 63.1 Å². The summed E-state index contributed by atoms with van der Waals surface area (Å²) in [6, 6.07) is 10.0. The monoisotopic (exact) mass is 420 g/mol. The molecule has 2 aromatic rings. The standard InChI is InChI=1S/C21H28N2O5S/c1-6-12-29(25,26)23-18-9-7-8-17(15(18)4)22-21(24)16-10-11-19(28-14(2)3)20(13-16)27-5/h7-11,13-14,23H,6,12H2,1-5H3,(H,22,24). The van der Waals surface area contributed by atoms with E-state index in [1.165, 1.54) is 7.11 Å². The average molecular weight is 421 g/mol. The van der Waals surface area contributed by atoms with E-state index in [1.54, 1.807) is 50.2 Å². The normalized spacial score (nSPS) is 11.2. The van der Waals surface area contributed by atoms with Gasteiger partial charge in [-0.3, -0.25) is 9.52 Å². The summed E-state index contributed by atoms with van der Waals surface area (Å²) >= 11 is 0. The molecule has 0 aliphatic carbocycles. The summed E-state index contributed by atoms with van der Waals surface area (Å²) < 4.78 is 37.7. The summed E-state index contributed by atoms with van der Waals surface area (Å²) in [6.45, 7) is 7.36. The number of rotatable bonds is 9. The molecule has 0 aliphatic rings. The van der Waals surface area contributed by atoms with E-state index in [4.69, 9.17) is 9.47 Å². The maximum Gasteiger partial charge on any atom is 0.255 e. The molecule has 0 radical (unpaired) electrons. The van der Waals surface area contributed by atoms with Crippen LogP contribution in [-0.4, -0.2) is 33.3 Å². The van der Waals surface area contributed by atoms with Crippen molar-refractivity contribution in [3.8, 4) is 11.5 Å². The lowest BCUT2D eigenvalue weighted by atomic mass is 10.1. The second-order valence-electron chi connectivity index (χ2n) is 6.89. The minimum atomic E-state index is -3.42. The van der Waals surface area contributed by atoms with Crippen LogP contribution in [-0.2, 0) is 10.0 Å². The third kappa shape index (κ3) is 6.12. The van der Waals surface area contributed by atoms with E-state index >= 15 is 0 Å². The topological polar surface area (TPSA) is 93.7 Å². The van der Waals surface area contributed by atoms with Crippen LogP contribution in [0.2, 0.25) is 0 Å². The first-order valence-electron chi connectivity index (χ1n) is 9.43. The Labute approximate surface area is 172 Å². The van der Waals surface area contributed by atoms with Crippen molar-refractivity contribution in [2.45, 2.75) is 40.2 Å².